The van der Waals surface area contributed by atoms with E-state index in [9.17, 15) is 4.79 Å². The van der Waals surface area contributed by atoms with Crippen LogP contribution in [0.2, 0.25) is 10.0 Å². The van der Waals surface area contributed by atoms with Crippen molar-refractivity contribution in [2.45, 2.75) is 26.4 Å². The molecular formula is C17H16Cl2N4O3. The van der Waals surface area contributed by atoms with Crippen molar-refractivity contribution in [2.75, 3.05) is 18.9 Å². The number of aromatic nitrogens is 2. The van der Waals surface area contributed by atoms with Gasteiger partial charge in [0.25, 0.3) is 0 Å². The normalized spacial score (nSPS) is 14.8. The fourth-order valence-electron chi connectivity index (χ4n) is 3.38. The average Bonchev–Trinajstić information content (AvgIpc) is 3.21. The molecule has 7 nitrogen and oxygen atoms in total. The molecule has 2 aromatic rings. The van der Waals surface area contributed by atoms with Crippen LogP contribution in [0.25, 0.3) is 11.3 Å². The van der Waals surface area contributed by atoms with Gasteiger partial charge in [0, 0.05) is 23.1 Å². The van der Waals surface area contributed by atoms with Crippen molar-refractivity contribution < 1.29 is 14.3 Å². The highest BCUT2D eigenvalue weighted by atomic mass is 35.5. The van der Waals surface area contributed by atoms with Gasteiger partial charge in [-0.3, -0.25) is 4.90 Å². The number of carbonyl (C=O) groups excluding carboxylic acids is 1. The number of nitrogen functional groups attached to an aromatic ring is 1. The number of amides is 1. The Kier molecular flexibility index (Phi) is 4.28. The molecule has 0 unspecified atom stereocenters. The first-order chi connectivity index (χ1) is 12.5. The zero-order valence-corrected chi connectivity index (χ0v) is 15.5. The second kappa shape index (κ2) is 6.48. The minimum Gasteiger partial charge on any atom is -0.491 e. The Morgan fingerprint density at radius 2 is 2.12 bits per heavy atom. The standard InChI is InChI=1S/C17H16Cl2N4O3/c1-2-25-17(24)23-6-9-12(7-23)21-16(20)22-14(9)13-8-3-4-26-15(8)11(19)5-10(13)18/h5H,2-4,6-7H2,1H3,(H2,20,21,22). The highest BCUT2D eigenvalue weighted by Crippen LogP contribution is 2.46. The molecule has 9 heteroatoms. The predicted octanol–water partition coefficient (Wildman–Crippen LogP) is 3.44. The minimum absolute atomic E-state index is 0.128. The molecule has 3 heterocycles. The van der Waals surface area contributed by atoms with Gasteiger partial charge in [0.05, 0.1) is 47.7 Å². The number of anilines is 1. The van der Waals surface area contributed by atoms with Crippen LogP contribution in [0.4, 0.5) is 10.7 Å². The third-order valence-electron chi connectivity index (χ3n) is 4.45. The van der Waals surface area contributed by atoms with E-state index >= 15 is 0 Å². The summed E-state index contributed by atoms with van der Waals surface area (Å²) in [4.78, 5) is 22.4. The number of nitrogens with zero attached hydrogens (tertiary/aromatic N) is 3. The van der Waals surface area contributed by atoms with Crippen LogP contribution >= 0.6 is 23.2 Å². The molecule has 4 rings (SSSR count). The van der Waals surface area contributed by atoms with Crippen molar-refractivity contribution in [2.24, 2.45) is 0 Å². The Morgan fingerprint density at radius 1 is 1.31 bits per heavy atom. The largest absolute Gasteiger partial charge is 0.491 e. The summed E-state index contributed by atoms with van der Waals surface area (Å²) in [6.45, 7) is 3.25. The van der Waals surface area contributed by atoms with E-state index in [-0.39, 0.29) is 5.95 Å². The van der Waals surface area contributed by atoms with E-state index in [1.54, 1.807) is 17.9 Å². The van der Waals surface area contributed by atoms with Gasteiger partial charge < -0.3 is 15.2 Å². The van der Waals surface area contributed by atoms with Crippen molar-refractivity contribution in [1.29, 1.82) is 0 Å². The van der Waals surface area contributed by atoms with Crippen LogP contribution in [0.1, 0.15) is 23.7 Å². The van der Waals surface area contributed by atoms with E-state index < -0.39 is 6.09 Å². The van der Waals surface area contributed by atoms with Gasteiger partial charge in [0.15, 0.2) is 0 Å². The van der Waals surface area contributed by atoms with Crippen LogP contribution in [-0.4, -0.2) is 34.2 Å². The average molecular weight is 395 g/mol. The maximum Gasteiger partial charge on any atom is 0.410 e. The summed E-state index contributed by atoms with van der Waals surface area (Å²) in [5, 5.41) is 0.937. The monoisotopic (exact) mass is 394 g/mol. The number of benzene rings is 1. The van der Waals surface area contributed by atoms with Crippen molar-refractivity contribution in [1.82, 2.24) is 14.9 Å². The highest BCUT2D eigenvalue weighted by Gasteiger charge is 2.32. The summed E-state index contributed by atoms with van der Waals surface area (Å²) in [5.74, 6) is 0.750. The fraction of sp³-hybridized carbons (Fsp3) is 0.353. The van der Waals surface area contributed by atoms with Gasteiger partial charge in [0.1, 0.15) is 5.75 Å². The van der Waals surface area contributed by atoms with Gasteiger partial charge in [-0.2, -0.15) is 0 Å². The zero-order valence-electron chi connectivity index (χ0n) is 14.0. The number of hydrogen-bond donors (Lipinski definition) is 1. The summed E-state index contributed by atoms with van der Waals surface area (Å²) in [5.41, 5.74) is 9.67. The predicted molar refractivity (Wildman–Crippen MR) is 97.4 cm³/mol. The molecule has 0 bridgehead atoms. The fourth-order valence-corrected chi connectivity index (χ4v) is 4.03. The third-order valence-corrected chi connectivity index (χ3v) is 5.02. The van der Waals surface area contributed by atoms with E-state index in [1.165, 1.54) is 0 Å². The van der Waals surface area contributed by atoms with Crippen molar-refractivity contribution in [3.8, 4) is 17.0 Å². The van der Waals surface area contributed by atoms with Crippen LogP contribution in [0.5, 0.6) is 5.75 Å². The molecule has 1 amide bonds. The highest BCUT2D eigenvalue weighted by molar-refractivity contribution is 6.37. The second-order valence-electron chi connectivity index (χ2n) is 6.03. The maximum absolute atomic E-state index is 12.1. The molecule has 1 aromatic heterocycles. The number of ether oxygens (including phenoxy) is 2. The minimum atomic E-state index is -0.397. The quantitative estimate of drug-likeness (QED) is 0.838. The Hall–Kier alpha value is -2.25. The molecule has 2 N–H and O–H groups in total. The number of carbonyl (C=O) groups is 1. The molecule has 0 aliphatic carbocycles. The Labute approximate surface area is 160 Å². The summed E-state index contributed by atoms with van der Waals surface area (Å²) < 4.78 is 10.7. The number of halogens is 2. The maximum atomic E-state index is 12.1. The zero-order chi connectivity index (χ0) is 18.4. The number of nitrogens with two attached hydrogens (primary N) is 1. The molecule has 0 saturated carbocycles. The molecule has 26 heavy (non-hydrogen) atoms. The lowest BCUT2D eigenvalue weighted by atomic mass is 9.98. The number of rotatable bonds is 2. The van der Waals surface area contributed by atoms with E-state index in [4.69, 9.17) is 38.4 Å². The topological polar surface area (TPSA) is 90.6 Å². The van der Waals surface area contributed by atoms with E-state index in [0.717, 1.165) is 16.7 Å². The third kappa shape index (κ3) is 2.71. The summed E-state index contributed by atoms with van der Waals surface area (Å²) >= 11 is 12.8. The molecule has 2 aliphatic rings. The van der Waals surface area contributed by atoms with Gasteiger partial charge in [-0.1, -0.05) is 23.2 Å². The Morgan fingerprint density at radius 3 is 2.88 bits per heavy atom. The lowest BCUT2D eigenvalue weighted by Gasteiger charge is -2.15. The molecule has 136 valence electrons. The van der Waals surface area contributed by atoms with Crippen LogP contribution in [0.15, 0.2) is 6.07 Å². The molecule has 1 aromatic carbocycles. The molecule has 0 saturated heterocycles. The molecular weight excluding hydrogens is 379 g/mol. The van der Waals surface area contributed by atoms with Crippen molar-refractivity contribution in [3.05, 3.63) is 32.9 Å². The van der Waals surface area contributed by atoms with Gasteiger partial charge in [-0.25, -0.2) is 14.8 Å². The van der Waals surface area contributed by atoms with Crippen LogP contribution < -0.4 is 10.5 Å². The molecule has 0 fully saturated rings. The van der Waals surface area contributed by atoms with Crippen LogP contribution in [0, 0.1) is 0 Å². The first kappa shape index (κ1) is 17.2. The first-order valence-corrected chi connectivity index (χ1v) is 8.96. The van der Waals surface area contributed by atoms with Gasteiger partial charge in [-0.15, -0.1) is 0 Å². The van der Waals surface area contributed by atoms with Crippen LogP contribution in [-0.2, 0) is 24.2 Å². The smallest absolute Gasteiger partial charge is 0.410 e. The van der Waals surface area contributed by atoms with Gasteiger partial charge in [-0.05, 0) is 13.0 Å². The van der Waals surface area contributed by atoms with Gasteiger partial charge in [0.2, 0.25) is 5.95 Å². The second-order valence-corrected chi connectivity index (χ2v) is 6.85. The molecule has 0 radical (unpaired) electrons. The van der Waals surface area contributed by atoms with E-state index in [2.05, 4.69) is 9.97 Å². The number of hydrogen-bond acceptors (Lipinski definition) is 6. The Balaban J connectivity index is 1.85. The van der Waals surface area contributed by atoms with Crippen molar-refractivity contribution in [3.63, 3.8) is 0 Å². The first-order valence-electron chi connectivity index (χ1n) is 8.20. The number of fused-ring (bicyclic) bond motifs is 2. The van der Waals surface area contributed by atoms with Crippen LogP contribution in [0.3, 0.4) is 0 Å². The SMILES string of the molecule is CCOC(=O)N1Cc2nc(N)nc(-c3c(Cl)cc(Cl)c4c3CCO4)c2C1. The van der Waals surface area contributed by atoms with E-state index in [0.29, 0.717) is 59.9 Å². The molecule has 2 aliphatic heterocycles. The molecule has 0 atom stereocenters. The van der Waals surface area contributed by atoms with Gasteiger partial charge >= 0.3 is 6.09 Å². The summed E-state index contributed by atoms with van der Waals surface area (Å²) in [6, 6.07) is 1.64. The summed E-state index contributed by atoms with van der Waals surface area (Å²) in [7, 11) is 0. The van der Waals surface area contributed by atoms with E-state index in [1.807, 2.05) is 0 Å². The lowest BCUT2D eigenvalue weighted by Crippen LogP contribution is -2.26. The van der Waals surface area contributed by atoms with Crippen molar-refractivity contribution >= 4 is 35.2 Å². The molecule has 0 spiro atoms. The summed E-state index contributed by atoms with van der Waals surface area (Å²) in [6.07, 6.45) is 0.274. The Bertz CT molecular complexity index is 920. The lowest BCUT2D eigenvalue weighted by molar-refractivity contribution is 0.106.